The highest BCUT2D eigenvalue weighted by Gasteiger charge is 2.47. The van der Waals surface area contributed by atoms with E-state index in [-0.39, 0.29) is 34.0 Å². The maximum absolute atomic E-state index is 2.36. The number of hydrogen-bond donors (Lipinski definition) is 0. The summed E-state index contributed by atoms with van der Waals surface area (Å²) in [5.74, 6) is 0. The van der Waals surface area contributed by atoms with Gasteiger partial charge in [0, 0.05) is 0 Å². The summed E-state index contributed by atoms with van der Waals surface area (Å²) < 4.78 is 0. The van der Waals surface area contributed by atoms with Gasteiger partial charge in [0.2, 0.25) is 0 Å². The Bertz CT molecular complexity index is 1330. The van der Waals surface area contributed by atoms with Crippen molar-refractivity contribution in [1.82, 2.24) is 0 Å². The van der Waals surface area contributed by atoms with Gasteiger partial charge in [0.05, 0.1) is 12.3 Å². The Labute approximate surface area is 285 Å². The molecule has 0 atom stereocenters. The number of hydrogen-bond acceptors (Lipinski definition) is 0. The molecule has 0 aliphatic heterocycles. The quantitative estimate of drug-likeness (QED) is 0.141. The largest absolute Gasteiger partial charge is 1.00 e. The van der Waals surface area contributed by atoms with Gasteiger partial charge >= 0.3 is 0 Å². The molecule has 0 amide bonds. The van der Waals surface area contributed by atoms with Crippen molar-refractivity contribution < 1.29 is 34.0 Å². The molecule has 0 radical (unpaired) electrons. The summed E-state index contributed by atoms with van der Waals surface area (Å²) in [7, 11) is -3.68. The smallest absolute Gasteiger partial charge is 0.112 e. The van der Waals surface area contributed by atoms with E-state index in [1.807, 2.05) is 0 Å². The molecule has 0 saturated heterocycles. The van der Waals surface area contributed by atoms with Crippen molar-refractivity contribution in [1.29, 1.82) is 0 Å². The molecule has 0 N–H and O–H groups in total. The first-order chi connectivity index (χ1) is 20.8. The van der Waals surface area contributed by atoms with Crippen molar-refractivity contribution in [2.45, 2.75) is 12.8 Å². The summed E-state index contributed by atoms with van der Waals surface area (Å²) in [6, 6.07) is 67.8. The Balaban J connectivity index is 0.00000221. The summed E-state index contributed by atoms with van der Waals surface area (Å²) >= 11 is 0. The lowest BCUT2D eigenvalue weighted by atomic mass is 10.3. The lowest BCUT2D eigenvalue weighted by Gasteiger charge is -2.29. The molecule has 0 spiro atoms. The first-order valence-electron chi connectivity index (χ1n) is 14.9. The average Bonchev–Trinajstić information content (AvgIpc) is 3.09. The van der Waals surface area contributed by atoms with Gasteiger partial charge in [-0.25, -0.2) is 0 Å². The summed E-state index contributed by atoms with van der Waals surface area (Å²) in [5, 5.41) is 8.82. The standard InChI is InChI=1S/C40H38P2.2BrH/c1-7-21-35(22-8-1)41(36-23-9-2-10-24-36,37-25-11-3-12-26-37)33-19-20-34-42(38-27-13-4-14-28-38,39-29-15-5-16-30-39)40-31-17-6-18-32-40;;/h1-18,21-32H,19-20,33-34H2;2*1H/q+2;;/p-2. The van der Waals surface area contributed by atoms with Crippen molar-refractivity contribution in [2.75, 3.05) is 12.3 Å². The van der Waals surface area contributed by atoms with Crippen molar-refractivity contribution in [3.05, 3.63) is 182 Å². The lowest BCUT2D eigenvalue weighted by molar-refractivity contribution is -0.00100. The monoisotopic (exact) mass is 738 g/mol. The van der Waals surface area contributed by atoms with Crippen LogP contribution in [0.5, 0.6) is 0 Å². The average molecular weight is 741 g/mol. The van der Waals surface area contributed by atoms with Crippen molar-refractivity contribution in [3.8, 4) is 0 Å². The zero-order chi connectivity index (χ0) is 28.5. The van der Waals surface area contributed by atoms with Crippen LogP contribution >= 0.6 is 14.5 Å². The van der Waals surface area contributed by atoms with E-state index in [0.717, 1.165) is 12.3 Å². The molecule has 0 aliphatic carbocycles. The van der Waals surface area contributed by atoms with Gasteiger partial charge in [0.1, 0.15) is 46.4 Å². The molecule has 0 nitrogen and oxygen atoms in total. The molecule has 44 heavy (non-hydrogen) atoms. The summed E-state index contributed by atoms with van der Waals surface area (Å²) in [5.41, 5.74) is 0. The van der Waals surface area contributed by atoms with Crippen LogP contribution < -0.4 is 65.8 Å². The molecule has 6 aromatic carbocycles. The molecular formula is C40H38Br2P2. The van der Waals surface area contributed by atoms with Crippen LogP contribution in [0.25, 0.3) is 0 Å². The maximum Gasteiger partial charge on any atom is 0.112 e. The van der Waals surface area contributed by atoms with E-state index in [0.29, 0.717) is 0 Å². The fourth-order valence-electron chi connectivity index (χ4n) is 6.46. The third-order valence-electron chi connectivity index (χ3n) is 8.42. The normalized spacial score (nSPS) is 11.2. The predicted molar refractivity (Wildman–Crippen MR) is 189 cm³/mol. The number of halogens is 2. The van der Waals surface area contributed by atoms with E-state index < -0.39 is 14.5 Å². The SMILES string of the molecule is [Br-].[Br-].c1ccc([P+](CCCC[P+](c2ccccc2)(c2ccccc2)c2ccccc2)(c2ccccc2)c2ccccc2)cc1. The second kappa shape index (κ2) is 16.5. The van der Waals surface area contributed by atoms with E-state index in [1.165, 1.54) is 44.7 Å². The van der Waals surface area contributed by atoms with Crippen LogP contribution in [0.2, 0.25) is 0 Å². The Morgan fingerprint density at radius 3 is 0.568 bits per heavy atom. The molecule has 0 fully saturated rings. The third-order valence-corrected chi connectivity index (χ3v) is 17.5. The van der Waals surface area contributed by atoms with Crippen molar-refractivity contribution in [2.24, 2.45) is 0 Å². The summed E-state index contributed by atoms with van der Waals surface area (Å²) in [6.07, 6.45) is 4.65. The minimum Gasteiger partial charge on any atom is -1.00 e. The summed E-state index contributed by atoms with van der Waals surface area (Å²) in [4.78, 5) is 0. The first-order valence-corrected chi connectivity index (χ1v) is 18.9. The van der Waals surface area contributed by atoms with Crippen LogP contribution in [0.4, 0.5) is 0 Å². The van der Waals surface area contributed by atoms with Gasteiger partial charge in [-0.05, 0) is 85.6 Å². The van der Waals surface area contributed by atoms with Crippen LogP contribution in [0.3, 0.4) is 0 Å². The van der Waals surface area contributed by atoms with E-state index >= 15 is 0 Å². The second-order valence-corrected chi connectivity index (χ2v) is 18.0. The van der Waals surface area contributed by atoms with Gasteiger partial charge in [0.15, 0.2) is 0 Å². The topological polar surface area (TPSA) is 0 Å². The highest BCUT2D eigenvalue weighted by atomic mass is 79.9. The van der Waals surface area contributed by atoms with E-state index in [9.17, 15) is 0 Å². The molecule has 0 aromatic heterocycles. The van der Waals surface area contributed by atoms with Gasteiger partial charge in [-0.3, -0.25) is 0 Å². The Kier molecular flexibility index (Phi) is 12.7. The first kappa shape index (κ1) is 34.0. The Morgan fingerprint density at radius 2 is 0.409 bits per heavy atom. The molecule has 4 heteroatoms. The van der Waals surface area contributed by atoms with E-state index in [1.54, 1.807) is 0 Å². The van der Waals surface area contributed by atoms with Crippen LogP contribution in [0, 0.1) is 0 Å². The molecule has 222 valence electrons. The molecule has 0 unspecified atom stereocenters. The maximum atomic E-state index is 2.36. The van der Waals surface area contributed by atoms with Crippen molar-refractivity contribution in [3.63, 3.8) is 0 Å². The highest BCUT2D eigenvalue weighted by Crippen LogP contribution is 2.58. The van der Waals surface area contributed by atoms with Gasteiger partial charge in [-0.1, -0.05) is 109 Å². The Morgan fingerprint density at radius 1 is 0.250 bits per heavy atom. The predicted octanol–water partition coefficient (Wildman–Crippen LogP) is 1.76. The molecule has 0 aliphatic rings. The van der Waals surface area contributed by atoms with Gasteiger partial charge in [-0.15, -0.1) is 0 Å². The molecule has 6 aromatic rings. The number of unbranched alkanes of at least 4 members (excludes halogenated alkanes) is 1. The minimum atomic E-state index is -1.84. The van der Waals surface area contributed by atoms with Crippen molar-refractivity contribution >= 4 is 46.4 Å². The molecule has 0 bridgehead atoms. The molecular weight excluding hydrogens is 702 g/mol. The van der Waals surface area contributed by atoms with E-state index in [4.69, 9.17) is 0 Å². The Hall–Kier alpha value is -2.86. The van der Waals surface area contributed by atoms with Crippen LogP contribution in [-0.2, 0) is 0 Å². The van der Waals surface area contributed by atoms with Crippen LogP contribution in [0.1, 0.15) is 12.8 Å². The molecule has 6 rings (SSSR count). The molecule has 0 saturated carbocycles. The van der Waals surface area contributed by atoms with Gasteiger partial charge < -0.3 is 34.0 Å². The fourth-order valence-corrected chi connectivity index (χ4v) is 15.3. The minimum absolute atomic E-state index is 0. The molecule has 0 heterocycles. The zero-order valence-corrected chi connectivity index (χ0v) is 29.8. The second-order valence-electron chi connectivity index (χ2n) is 10.8. The summed E-state index contributed by atoms with van der Waals surface area (Å²) in [6.45, 7) is 0. The fraction of sp³-hybridized carbons (Fsp3) is 0.100. The van der Waals surface area contributed by atoms with Gasteiger partial charge in [-0.2, -0.15) is 0 Å². The van der Waals surface area contributed by atoms with Crippen LogP contribution in [-0.4, -0.2) is 12.3 Å². The lowest BCUT2D eigenvalue weighted by Crippen LogP contribution is -3.00. The highest BCUT2D eigenvalue weighted by molar-refractivity contribution is 7.96. The van der Waals surface area contributed by atoms with E-state index in [2.05, 4.69) is 182 Å². The van der Waals surface area contributed by atoms with Crippen LogP contribution in [0.15, 0.2) is 182 Å². The zero-order valence-electron chi connectivity index (χ0n) is 24.8. The number of benzene rings is 6. The third kappa shape index (κ3) is 7.01. The van der Waals surface area contributed by atoms with Gasteiger partial charge in [0.25, 0.3) is 0 Å². The number of rotatable bonds is 11.